The third-order valence-corrected chi connectivity index (χ3v) is 13.6. The van der Waals surface area contributed by atoms with Crippen LogP contribution in [0.1, 0.15) is 77.1 Å². The Bertz CT molecular complexity index is 2320. The van der Waals surface area contributed by atoms with Gasteiger partial charge >= 0.3 is 12.2 Å². The second kappa shape index (κ2) is 16.0. The number of nitrogens with one attached hydrogen (secondary N) is 4. The summed E-state index contributed by atoms with van der Waals surface area (Å²) in [5.74, 6) is 0.970. The molecular formula is C42H48N8O6S2. The van der Waals surface area contributed by atoms with Gasteiger partial charge in [-0.05, 0) is 61.8 Å². The predicted octanol–water partition coefficient (Wildman–Crippen LogP) is 8.14. The Labute approximate surface area is 343 Å². The standard InChI is InChI=1S/C42H48N8O6S2/c1-21(2)33(47-41(53)55-5)39(51)49-17-9-15-27(49)37-43-25-13-7-11-23(35(25)45-37)29-19-31-32(57-29)20-30(58-31)24-12-8-14-26-36(24)46-38(44-26)28-16-10-18-50(28)40(52)34(22(3)4)48-42(54)56-6/h7-8,11-14,19-22,27-28,33-34H,9-10,15-18H2,1-6H3,(H,43,45)(H,44,46)(H,47,53)(H,48,54)/t27?,28?,33-,34+. The zero-order valence-electron chi connectivity index (χ0n) is 33.4. The van der Waals surface area contributed by atoms with Gasteiger partial charge in [-0.2, -0.15) is 0 Å². The molecule has 2 fully saturated rings. The monoisotopic (exact) mass is 824 g/mol. The number of ether oxygens (including phenoxy) is 2. The van der Waals surface area contributed by atoms with Gasteiger partial charge in [-0.3, -0.25) is 9.59 Å². The lowest BCUT2D eigenvalue weighted by atomic mass is 10.0. The third-order valence-electron chi connectivity index (χ3n) is 11.3. The number of carbonyl (C=O) groups excluding carboxylic acids is 4. The van der Waals surface area contributed by atoms with E-state index in [1.54, 1.807) is 22.7 Å². The summed E-state index contributed by atoms with van der Waals surface area (Å²) in [7, 11) is 2.59. The van der Waals surface area contributed by atoms with E-state index < -0.39 is 24.3 Å². The summed E-state index contributed by atoms with van der Waals surface area (Å²) in [5.41, 5.74) is 5.56. The zero-order valence-corrected chi connectivity index (χ0v) is 35.0. The smallest absolute Gasteiger partial charge is 0.407 e. The average Bonchev–Trinajstić information content (AvgIpc) is 4.06. The Morgan fingerprint density at radius 1 is 0.690 bits per heavy atom. The van der Waals surface area contributed by atoms with Crippen molar-refractivity contribution in [3.63, 3.8) is 0 Å². The second-order valence-corrected chi connectivity index (χ2v) is 17.9. The van der Waals surface area contributed by atoms with Crippen LogP contribution in [0, 0.1) is 11.8 Å². The van der Waals surface area contributed by atoms with Crippen LogP contribution < -0.4 is 10.6 Å². The number of amides is 4. The van der Waals surface area contributed by atoms with Crippen molar-refractivity contribution in [3.05, 3.63) is 60.2 Å². The number of hydrogen-bond acceptors (Lipinski definition) is 10. The van der Waals surface area contributed by atoms with Gasteiger partial charge in [0.1, 0.15) is 23.7 Å². The minimum absolute atomic E-state index is 0.116. The van der Waals surface area contributed by atoms with Crippen LogP contribution in [0.3, 0.4) is 0 Å². The van der Waals surface area contributed by atoms with Crippen LogP contribution in [0.5, 0.6) is 0 Å². The van der Waals surface area contributed by atoms with E-state index >= 15 is 0 Å². The molecule has 4 N–H and O–H groups in total. The quantitative estimate of drug-likeness (QED) is 0.107. The molecule has 16 heteroatoms. The van der Waals surface area contributed by atoms with Crippen LogP contribution in [0.15, 0.2) is 48.5 Å². The SMILES string of the molecule is COC(=O)N[C@H](C(=O)N1CCCC1c1nc2c(-c3cc4sc(-c5cccc6[nH]c(C7CCCN7C(=O)[C@H](NC(=O)OC)C(C)C)nc56)cc4s3)cccc2[nH]1)C(C)C. The first-order valence-electron chi connectivity index (χ1n) is 19.8. The van der Waals surface area contributed by atoms with Crippen LogP contribution in [0.4, 0.5) is 9.59 Å². The number of nitrogens with zero attached hydrogens (tertiary/aromatic N) is 4. The second-order valence-electron chi connectivity index (χ2n) is 15.7. The van der Waals surface area contributed by atoms with Crippen molar-refractivity contribution in [3.8, 4) is 20.9 Å². The number of para-hydroxylation sites is 2. The van der Waals surface area contributed by atoms with E-state index in [0.717, 1.165) is 89.7 Å². The predicted molar refractivity (Wildman–Crippen MR) is 226 cm³/mol. The molecule has 0 radical (unpaired) electrons. The molecule has 2 aromatic carbocycles. The van der Waals surface area contributed by atoms with E-state index in [9.17, 15) is 19.2 Å². The van der Waals surface area contributed by atoms with Crippen molar-refractivity contribution in [2.24, 2.45) is 11.8 Å². The van der Waals surface area contributed by atoms with Crippen LogP contribution in [0.2, 0.25) is 0 Å². The molecule has 4 amide bonds. The van der Waals surface area contributed by atoms with Crippen molar-refractivity contribution in [1.82, 2.24) is 40.4 Å². The van der Waals surface area contributed by atoms with Gasteiger partial charge in [0.25, 0.3) is 0 Å². The number of rotatable bonds is 10. The number of aromatic nitrogens is 4. The fraction of sp³-hybridized carbons (Fsp3) is 0.429. The first-order valence-corrected chi connectivity index (χ1v) is 21.4. The molecule has 0 bridgehead atoms. The molecule has 14 nitrogen and oxygen atoms in total. The molecule has 304 valence electrons. The molecule has 6 aromatic rings. The molecule has 2 unspecified atom stereocenters. The molecule has 4 atom stereocenters. The lowest BCUT2D eigenvalue weighted by molar-refractivity contribution is -0.136. The van der Waals surface area contributed by atoms with Gasteiger partial charge in [0, 0.05) is 43.4 Å². The minimum atomic E-state index is -0.701. The van der Waals surface area contributed by atoms with Crippen molar-refractivity contribution in [2.75, 3.05) is 27.3 Å². The average molecular weight is 825 g/mol. The zero-order chi connectivity index (χ0) is 40.8. The molecule has 58 heavy (non-hydrogen) atoms. The van der Waals surface area contributed by atoms with Gasteiger partial charge < -0.3 is 39.9 Å². The number of thiophene rings is 2. The van der Waals surface area contributed by atoms with E-state index in [2.05, 4.69) is 44.9 Å². The maximum atomic E-state index is 13.8. The number of H-pyrrole nitrogens is 2. The molecule has 0 aliphatic carbocycles. The fourth-order valence-corrected chi connectivity index (χ4v) is 10.8. The fourth-order valence-electron chi connectivity index (χ4n) is 8.30. The summed E-state index contributed by atoms with van der Waals surface area (Å²) in [5, 5.41) is 5.45. The highest BCUT2D eigenvalue weighted by molar-refractivity contribution is 7.31. The summed E-state index contributed by atoms with van der Waals surface area (Å²) >= 11 is 3.43. The molecule has 2 aliphatic rings. The maximum Gasteiger partial charge on any atom is 0.407 e. The summed E-state index contributed by atoms with van der Waals surface area (Å²) in [6, 6.07) is 14.8. The number of fused-ring (bicyclic) bond motifs is 3. The first-order chi connectivity index (χ1) is 27.9. The van der Waals surface area contributed by atoms with Crippen molar-refractivity contribution >= 4 is 78.1 Å². The normalized spacial score (nSPS) is 18.1. The van der Waals surface area contributed by atoms with Gasteiger partial charge in [0.15, 0.2) is 0 Å². The van der Waals surface area contributed by atoms with E-state index in [1.807, 2.05) is 61.8 Å². The number of methoxy groups -OCH3 is 2. The molecule has 6 heterocycles. The Morgan fingerprint density at radius 2 is 1.10 bits per heavy atom. The van der Waals surface area contributed by atoms with E-state index in [1.165, 1.54) is 14.2 Å². The van der Waals surface area contributed by atoms with Crippen LogP contribution in [-0.4, -0.2) is 93.1 Å². The Hall–Kier alpha value is -5.48. The third kappa shape index (κ3) is 7.27. The highest BCUT2D eigenvalue weighted by atomic mass is 32.1. The summed E-state index contributed by atoms with van der Waals surface area (Å²) in [6.45, 7) is 8.81. The van der Waals surface area contributed by atoms with E-state index in [0.29, 0.717) is 13.1 Å². The number of alkyl carbamates (subject to hydrolysis) is 2. The molecule has 2 aliphatic heterocycles. The van der Waals surface area contributed by atoms with Crippen LogP contribution in [-0.2, 0) is 19.1 Å². The Balaban J connectivity index is 1.05. The molecule has 2 saturated heterocycles. The lowest BCUT2D eigenvalue weighted by Crippen LogP contribution is -2.51. The van der Waals surface area contributed by atoms with Gasteiger partial charge in [-0.25, -0.2) is 19.6 Å². The number of hydrogen-bond donors (Lipinski definition) is 4. The summed E-state index contributed by atoms with van der Waals surface area (Å²) in [4.78, 5) is 74.8. The number of likely N-dealkylation sites (tertiary alicyclic amines) is 2. The van der Waals surface area contributed by atoms with Gasteiger partial charge in [0.2, 0.25) is 11.8 Å². The number of carbonyl (C=O) groups is 4. The molecule has 8 rings (SSSR count). The molecular weight excluding hydrogens is 777 g/mol. The number of benzene rings is 2. The number of aromatic amines is 2. The highest BCUT2D eigenvalue weighted by Gasteiger charge is 2.39. The topological polar surface area (TPSA) is 175 Å². The van der Waals surface area contributed by atoms with Crippen molar-refractivity contribution < 1.29 is 28.7 Å². The van der Waals surface area contributed by atoms with E-state index in [4.69, 9.17) is 19.4 Å². The van der Waals surface area contributed by atoms with Gasteiger partial charge in [-0.1, -0.05) is 52.0 Å². The first kappa shape index (κ1) is 39.4. The highest BCUT2D eigenvalue weighted by Crippen LogP contribution is 2.45. The molecule has 0 saturated carbocycles. The maximum absolute atomic E-state index is 13.8. The number of imidazole rings is 2. The minimum Gasteiger partial charge on any atom is -0.453 e. The molecule has 4 aromatic heterocycles. The van der Waals surface area contributed by atoms with E-state index in [-0.39, 0.29) is 35.7 Å². The van der Waals surface area contributed by atoms with Crippen LogP contribution >= 0.6 is 22.7 Å². The lowest BCUT2D eigenvalue weighted by Gasteiger charge is -2.29. The van der Waals surface area contributed by atoms with Gasteiger partial charge in [-0.15, -0.1) is 22.7 Å². The van der Waals surface area contributed by atoms with Crippen molar-refractivity contribution in [1.29, 1.82) is 0 Å². The van der Waals surface area contributed by atoms with Crippen LogP contribution in [0.25, 0.3) is 52.3 Å². The van der Waals surface area contributed by atoms with Gasteiger partial charge in [0.05, 0.1) is 48.4 Å². The van der Waals surface area contributed by atoms with Crippen molar-refractivity contribution in [2.45, 2.75) is 77.5 Å². The Kier molecular flexibility index (Phi) is 10.9. The largest absolute Gasteiger partial charge is 0.453 e. The Morgan fingerprint density at radius 3 is 1.48 bits per heavy atom. The summed E-state index contributed by atoms with van der Waals surface area (Å²) in [6.07, 6.45) is 1.98. The summed E-state index contributed by atoms with van der Waals surface area (Å²) < 4.78 is 11.9. The molecule has 0 spiro atoms.